The molecule has 2 nitrogen and oxygen atoms in total. The molecule has 1 aliphatic carbocycles. The van der Waals surface area contributed by atoms with Crippen molar-refractivity contribution in [1.29, 1.82) is 0 Å². The van der Waals surface area contributed by atoms with Crippen LogP contribution in [-0.4, -0.2) is 17.0 Å². The van der Waals surface area contributed by atoms with E-state index in [0.29, 0.717) is 0 Å². The Labute approximate surface area is 64.5 Å². The number of carbonyl (C=O) groups excluding carboxylic acids is 1. The number of carbonyl (C=O) groups is 1. The average molecular weight is 148 g/mol. The standard InChI is InChI=1S/C9H8O2/c10-8-7(9(8)11)6-4-2-1-3-5-6/h1-5,7-8,10H. The van der Waals surface area contributed by atoms with Crippen LogP contribution < -0.4 is 0 Å². The highest BCUT2D eigenvalue weighted by atomic mass is 16.3. The maximum atomic E-state index is 10.8. The topological polar surface area (TPSA) is 37.3 Å². The summed E-state index contributed by atoms with van der Waals surface area (Å²) >= 11 is 0. The Kier molecular flexibility index (Phi) is 1.29. The van der Waals surface area contributed by atoms with Crippen molar-refractivity contribution in [2.45, 2.75) is 12.0 Å². The Morgan fingerprint density at radius 2 is 1.73 bits per heavy atom. The van der Waals surface area contributed by atoms with Crippen LogP contribution in [0.1, 0.15) is 11.5 Å². The molecule has 1 aromatic carbocycles. The molecule has 1 saturated carbocycles. The molecule has 0 bridgehead atoms. The lowest BCUT2D eigenvalue weighted by molar-refractivity contribution is -0.112. The minimum Gasteiger partial charge on any atom is -0.384 e. The first-order valence-corrected chi connectivity index (χ1v) is 3.57. The SMILES string of the molecule is O=C1C(O)C1c1ccccc1. The fourth-order valence-electron chi connectivity index (χ4n) is 1.23. The van der Waals surface area contributed by atoms with E-state index in [1.807, 2.05) is 30.3 Å². The molecule has 1 aromatic rings. The monoisotopic (exact) mass is 148 g/mol. The second-order valence-electron chi connectivity index (χ2n) is 2.74. The minimum absolute atomic E-state index is 0.0591. The third-order valence-electron chi connectivity index (χ3n) is 1.96. The summed E-state index contributed by atoms with van der Waals surface area (Å²) in [5, 5.41) is 9.00. The lowest BCUT2D eigenvalue weighted by Gasteiger charge is -1.92. The highest BCUT2D eigenvalue weighted by Gasteiger charge is 2.48. The highest BCUT2D eigenvalue weighted by Crippen LogP contribution is 2.35. The van der Waals surface area contributed by atoms with Gasteiger partial charge in [-0.2, -0.15) is 0 Å². The average Bonchev–Trinajstić information content (AvgIpc) is 2.62. The molecular formula is C9H8O2. The van der Waals surface area contributed by atoms with Gasteiger partial charge < -0.3 is 5.11 Å². The second-order valence-corrected chi connectivity index (χ2v) is 2.74. The minimum atomic E-state index is -0.739. The summed E-state index contributed by atoms with van der Waals surface area (Å²) < 4.78 is 0. The molecular weight excluding hydrogens is 140 g/mol. The van der Waals surface area contributed by atoms with Crippen molar-refractivity contribution in [3.8, 4) is 0 Å². The highest BCUT2D eigenvalue weighted by molar-refractivity contribution is 6.06. The first-order chi connectivity index (χ1) is 5.30. The quantitative estimate of drug-likeness (QED) is 0.637. The van der Waals surface area contributed by atoms with E-state index in [9.17, 15) is 4.79 Å². The molecule has 0 radical (unpaired) electrons. The van der Waals surface area contributed by atoms with Crippen molar-refractivity contribution < 1.29 is 9.90 Å². The molecule has 0 aliphatic heterocycles. The molecule has 1 N–H and O–H groups in total. The maximum absolute atomic E-state index is 10.8. The molecule has 0 aromatic heterocycles. The van der Waals surface area contributed by atoms with Gasteiger partial charge in [-0.3, -0.25) is 4.79 Å². The summed E-state index contributed by atoms with van der Waals surface area (Å²) in [4.78, 5) is 10.8. The van der Waals surface area contributed by atoms with Gasteiger partial charge in [-0.1, -0.05) is 30.3 Å². The molecule has 2 unspecified atom stereocenters. The Hall–Kier alpha value is -1.15. The third-order valence-corrected chi connectivity index (χ3v) is 1.96. The molecule has 2 rings (SSSR count). The van der Waals surface area contributed by atoms with Gasteiger partial charge in [-0.15, -0.1) is 0 Å². The van der Waals surface area contributed by atoms with Crippen LogP contribution in [0, 0.1) is 0 Å². The summed E-state index contributed by atoms with van der Waals surface area (Å²) in [6.07, 6.45) is -0.739. The van der Waals surface area contributed by atoms with E-state index in [-0.39, 0.29) is 11.7 Å². The molecule has 0 saturated heterocycles. The zero-order chi connectivity index (χ0) is 7.84. The largest absolute Gasteiger partial charge is 0.384 e. The zero-order valence-corrected chi connectivity index (χ0v) is 5.90. The van der Waals surface area contributed by atoms with Crippen LogP contribution in [-0.2, 0) is 4.79 Å². The smallest absolute Gasteiger partial charge is 0.172 e. The van der Waals surface area contributed by atoms with Crippen molar-refractivity contribution in [3.05, 3.63) is 35.9 Å². The molecule has 0 spiro atoms. The van der Waals surface area contributed by atoms with Crippen LogP contribution in [0.2, 0.25) is 0 Å². The molecule has 2 atom stereocenters. The number of Topliss-reactive ketones (excluding diaryl/α,β-unsaturated/α-hetero) is 1. The third kappa shape index (κ3) is 0.955. The maximum Gasteiger partial charge on any atom is 0.172 e. The number of hydrogen-bond donors (Lipinski definition) is 1. The fourth-order valence-corrected chi connectivity index (χ4v) is 1.23. The van der Waals surface area contributed by atoms with Crippen molar-refractivity contribution in [2.75, 3.05) is 0 Å². The number of benzene rings is 1. The number of hydrogen-bond acceptors (Lipinski definition) is 2. The van der Waals surface area contributed by atoms with Gasteiger partial charge in [0.05, 0.1) is 5.92 Å². The fraction of sp³-hybridized carbons (Fsp3) is 0.222. The van der Waals surface area contributed by atoms with Crippen LogP contribution in [0.4, 0.5) is 0 Å². The van der Waals surface area contributed by atoms with Crippen molar-refractivity contribution in [2.24, 2.45) is 0 Å². The Bertz CT molecular complexity index is 279. The van der Waals surface area contributed by atoms with Crippen LogP contribution >= 0.6 is 0 Å². The summed E-state index contributed by atoms with van der Waals surface area (Å²) in [6.45, 7) is 0. The van der Waals surface area contributed by atoms with E-state index in [2.05, 4.69) is 0 Å². The Balaban J connectivity index is 2.27. The van der Waals surface area contributed by atoms with Crippen LogP contribution in [0.5, 0.6) is 0 Å². The van der Waals surface area contributed by atoms with Crippen LogP contribution in [0.25, 0.3) is 0 Å². The van der Waals surface area contributed by atoms with Crippen LogP contribution in [0.15, 0.2) is 30.3 Å². The predicted molar refractivity (Wildman–Crippen MR) is 40.2 cm³/mol. The molecule has 56 valence electrons. The molecule has 0 heterocycles. The van der Waals surface area contributed by atoms with Gasteiger partial charge in [-0.05, 0) is 5.56 Å². The van der Waals surface area contributed by atoms with Gasteiger partial charge >= 0.3 is 0 Å². The normalized spacial score (nSPS) is 28.6. The number of rotatable bonds is 1. The number of ketones is 1. The van der Waals surface area contributed by atoms with Gasteiger partial charge in [0.2, 0.25) is 0 Å². The van der Waals surface area contributed by atoms with Crippen molar-refractivity contribution in [3.63, 3.8) is 0 Å². The van der Waals surface area contributed by atoms with E-state index < -0.39 is 6.10 Å². The predicted octanol–water partition coefficient (Wildman–Crippen LogP) is 0.714. The second kappa shape index (κ2) is 2.17. The summed E-state index contributed by atoms with van der Waals surface area (Å²) in [5.74, 6) is -0.299. The number of aliphatic hydroxyl groups excluding tert-OH is 1. The lowest BCUT2D eigenvalue weighted by atomic mass is 10.1. The van der Waals surface area contributed by atoms with Gasteiger partial charge in [-0.25, -0.2) is 0 Å². The molecule has 11 heavy (non-hydrogen) atoms. The van der Waals surface area contributed by atoms with Gasteiger partial charge in [0, 0.05) is 0 Å². The Morgan fingerprint density at radius 1 is 1.18 bits per heavy atom. The van der Waals surface area contributed by atoms with E-state index in [1.165, 1.54) is 0 Å². The van der Waals surface area contributed by atoms with Crippen LogP contribution in [0.3, 0.4) is 0 Å². The van der Waals surface area contributed by atoms with E-state index in [0.717, 1.165) is 5.56 Å². The first-order valence-electron chi connectivity index (χ1n) is 3.57. The van der Waals surface area contributed by atoms with Gasteiger partial charge in [0.15, 0.2) is 5.78 Å². The molecule has 2 heteroatoms. The first kappa shape index (κ1) is 6.55. The van der Waals surface area contributed by atoms with E-state index in [1.54, 1.807) is 0 Å². The lowest BCUT2D eigenvalue weighted by Crippen LogP contribution is -1.83. The van der Waals surface area contributed by atoms with Crippen molar-refractivity contribution >= 4 is 5.78 Å². The van der Waals surface area contributed by atoms with E-state index >= 15 is 0 Å². The van der Waals surface area contributed by atoms with Gasteiger partial charge in [0.1, 0.15) is 6.10 Å². The summed E-state index contributed by atoms with van der Waals surface area (Å²) in [5.41, 5.74) is 0.921. The van der Waals surface area contributed by atoms with E-state index in [4.69, 9.17) is 5.11 Å². The molecule has 1 aliphatic rings. The zero-order valence-electron chi connectivity index (χ0n) is 5.90. The summed E-state index contributed by atoms with van der Waals surface area (Å²) in [6, 6.07) is 9.35. The Morgan fingerprint density at radius 3 is 2.18 bits per heavy atom. The van der Waals surface area contributed by atoms with Gasteiger partial charge in [0.25, 0.3) is 0 Å². The molecule has 0 amide bonds. The molecule has 1 fully saturated rings. The summed E-state index contributed by atoms with van der Waals surface area (Å²) in [7, 11) is 0. The van der Waals surface area contributed by atoms with Crippen molar-refractivity contribution in [1.82, 2.24) is 0 Å². The number of aliphatic hydroxyl groups is 1.